The lowest BCUT2D eigenvalue weighted by atomic mass is 9.96. The Hall–Kier alpha value is -2.69. The fraction of sp³-hybridized carbons (Fsp3) is 0.318. The van der Waals surface area contributed by atoms with Crippen LogP contribution in [0.2, 0.25) is 0 Å². The average molecular weight is 423 g/mol. The zero-order valence-corrected chi connectivity index (χ0v) is 18.1. The van der Waals surface area contributed by atoms with Gasteiger partial charge in [-0.05, 0) is 62.6 Å². The predicted molar refractivity (Wildman–Crippen MR) is 118 cm³/mol. The number of carbonyl (C=O) groups is 1. The van der Waals surface area contributed by atoms with Gasteiger partial charge in [0.05, 0.1) is 18.2 Å². The third kappa shape index (κ3) is 3.91. The highest BCUT2D eigenvalue weighted by molar-refractivity contribution is 7.15. The Morgan fingerprint density at radius 1 is 1.38 bits per heavy atom. The lowest BCUT2D eigenvalue weighted by molar-refractivity contribution is -0.120. The van der Waals surface area contributed by atoms with E-state index < -0.39 is 0 Å². The molecule has 0 bridgehead atoms. The van der Waals surface area contributed by atoms with Crippen LogP contribution < -0.4 is 5.43 Å². The van der Waals surface area contributed by atoms with Gasteiger partial charge >= 0.3 is 0 Å². The molecule has 0 atom stereocenters. The predicted octanol–water partition coefficient (Wildman–Crippen LogP) is 4.66. The molecule has 1 N–H and O–H groups in total. The van der Waals surface area contributed by atoms with E-state index in [0.29, 0.717) is 6.42 Å². The molecule has 1 aliphatic rings. The lowest BCUT2D eigenvalue weighted by Crippen LogP contribution is -2.19. The van der Waals surface area contributed by atoms with Crippen LogP contribution in [0.5, 0.6) is 0 Å². The quantitative estimate of drug-likeness (QED) is 0.480. The summed E-state index contributed by atoms with van der Waals surface area (Å²) in [6.45, 7) is 4.07. The number of nitrogens with zero attached hydrogens (tertiary/aromatic N) is 3. The standard InChI is InChI=1S/C22H22N4OS2/c1-14-10-16(13-24-25-21(27)11-17-6-5-9-28-17)15(2)26(14)22-19(12-23)18-7-3-4-8-20(18)29-22/h5-6,9-10,13H,3-4,7-8,11H2,1-2H3,(H,25,27)/b24-13-. The monoisotopic (exact) mass is 422 g/mol. The highest BCUT2D eigenvalue weighted by Gasteiger charge is 2.23. The zero-order chi connectivity index (χ0) is 20.4. The third-order valence-corrected chi connectivity index (χ3v) is 7.40. The Balaban J connectivity index is 1.57. The summed E-state index contributed by atoms with van der Waals surface area (Å²) in [5.74, 6) is -0.129. The number of nitrogens with one attached hydrogen (secondary N) is 1. The SMILES string of the molecule is Cc1cc(/C=N\NC(=O)Cc2cccs2)c(C)n1-c1sc2c(c1C#N)CCCC2. The van der Waals surface area contributed by atoms with Crippen molar-refractivity contribution in [2.75, 3.05) is 0 Å². The maximum absolute atomic E-state index is 12.0. The van der Waals surface area contributed by atoms with Gasteiger partial charge in [-0.2, -0.15) is 10.4 Å². The second-order valence-corrected chi connectivity index (χ2v) is 9.33. The van der Waals surface area contributed by atoms with E-state index in [9.17, 15) is 10.1 Å². The van der Waals surface area contributed by atoms with E-state index in [1.165, 1.54) is 16.9 Å². The normalized spacial score (nSPS) is 13.4. The molecule has 29 heavy (non-hydrogen) atoms. The Bertz CT molecular complexity index is 1110. The number of rotatable bonds is 5. The summed E-state index contributed by atoms with van der Waals surface area (Å²) in [5, 5.41) is 16.9. The van der Waals surface area contributed by atoms with Crippen LogP contribution in [0.25, 0.3) is 5.00 Å². The second-order valence-electron chi connectivity index (χ2n) is 7.21. The molecule has 3 aromatic heterocycles. The van der Waals surface area contributed by atoms with Crippen molar-refractivity contribution in [1.29, 1.82) is 5.26 Å². The number of amides is 1. The molecule has 4 rings (SSSR count). The number of hydrazone groups is 1. The molecule has 3 heterocycles. The van der Waals surface area contributed by atoms with E-state index in [0.717, 1.165) is 51.7 Å². The highest BCUT2D eigenvalue weighted by atomic mass is 32.1. The van der Waals surface area contributed by atoms with E-state index in [2.05, 4.69) is 21.2 Å². The summed E-state index contributed by atoms with van der Waals surface area (Å²) in [6, 6.07) is 8.36. The number of hydrogen-bond acceptors (Lipinski definition) is 5. The summed E-state index contributed by atoms with van der Waals surface area (Å²) in [6.07, 6.45) is 6.44. The molecule has 0 aliphatic heterocycles. The Morgan fingerprint density at radius 2 is 2.21 bits per heavy atom. The van der Waals surface area contributed by atoms with Crippen LogP contribution >= 0.6 is 22.7 Å². The summed E-state index contributed by atoms with van der Waals surface area (Å²) >= 11 is 3.30. The van der Waals surface area contributed by atoms with Crippen LogP contribution in [0.15, 0.2) is 28.7 Å². The van der Waals surface area contributed by atoms with Gasteiger partial charge in [0.2, 0.25) is 5.91 Å². The van der Waals surface area contributed by atoms with Crippen molar-refractivity contribution < 1.29 is 4.79 Å². The smallest absolute Gasteiger partial charge is 0.245 e. The minimum Gasteiger partial charge on any atom is -0.308 e. The van der Waals surface area contributed by atoms with Crippen LogP contribution in [0.1, 0.15) is 50.7 Å². The fourth-order valence-corrected chi connectivity index (χ4v) is 5.99. The van der Waals surface area contributed by atoms with E-state index in [4.69, 9.17) is 0 Å². The fourth-order valence-electron chi connectivity index (χ4n) is 3.84. The number of nitriles is 1. The number of aryl methyl sites for hydroxylation is 2. The maximum Gasteiger partial charge on any atom is 0.245 e. The molecule has 0 fully saturated rings. The first-order chi connectivity index (χ1) is 14.1. The van der Waals surface area contributed by atoms with Gasteiger partial charge in [0.15, 0.2) is 0 Å². The first-order valence-corrected chi connectivity index (χ1v) is 11.4. The molecule has 0 radical (unpaired) electrons. The van der Waals surface area contributed by atoms with Crippen LogP contribution in [-0.4, -0.2) is 16.7 Å². The molecule has 0 spiro atoms. The highest BCUT2D eigenvalue weighted by Crippen LogP contribution is 2.38. The number of fused-ring (bicyclic) bond motifs is 1. The van der Waals surface area contributed by atoms with Crippen LogP contribution in [0.4, 0.5) is 0 Å². The topological polar surface area (TPSA) is 70.2 Å². The van der Waals surface area contributed by atoms with Crippen molar-refractivity contribution >= 4 is 34.8 Å². The van der Waals surface area contributed by atoms with Crippen molar-refractivity contribution in [2.24, 2.45) is 5.10 Å². The molecule has 0 saturated carbocycles. The van der Waals surface area contributed by atoms with E-state index in [1.54, 1.807) is 28.9 Å². The molecule has 0 aromatic carbocycles. The minimum atomic E-state index is -0.129. The number of carbonyl (C=O) groups excluding carboxylic acids is 1. The first-order valence-electron chi connectivity index (χ1n) is 9.66. The van der Waals surface area contributed by atoms with Gasteiger partial charge < -0.3 is 4.57 Å². The number of hydrogen-bond donors (Lipinski definition) is 1. The molecule has 3 aromatic rings. The summed E-state index contributed by atoms with van der Waals surface area (Å²) in [5.41, 5.74) is 7.68. The van der Waals surface area contributed by atoms with E-state index >= 15 is 0 Å². The third-order valence-electron chi connectivity index (χ3n) is 5.25. The average Bonchev–Trinajstić information content (AvgIpc) is 3.40. The Morgan fingerprint density at radius 3 is 2.97 bits per heavy atom. The Kier molecular flexibility index (Phi) is 5.65. The molecule has 0 unspecified atom stereocenters. The van der Waals surface area contributed by atoms with Crippen molar-refractivity contribution in [3.63, 3.8) is 0 Å². The lowest BCUT2D eigenvalue weighted by Gasteiger charge is -2.10. The van der Waals surface area contributed by atoms with E-state index in [-0.39, 0.29) is 5.91 Å². The van der Waals surface area contributed by atoms with Crippen molar-refractivity contribution in [3.05, 3.63) is 61.4 Å². The van der Waals surface area contributed by atoms with Gasteiger partial charge in [-0.25, -0.2) is 5.43 Å². The largest absolute Gasteiger partial charge is 0.308 e. The molecular formula is C22H22N4OS2. The summed E-state index contributed by atoms with van der Waals surface area (Å²) in [4.78, 5) is 14.4. The second kappa shape index (κ2) is 8.36. The molecule has 1 amide bonds. The van der Waals surface area contributed by atoms with Crippen molar-refractivity contribution in [2.45, 2.75) is 46.0 Å². The van der Waals surface area contributed by atoms with Crippen molar-refractivity contribution in [3.8, 4) is 11.1 Å². The zero-order valence-electron chi connectivity index (χ0n) is 16.5. The van der Waals surface area contributed by atoms with Gasteiger partial charge in [0, 0.05) is 26.7 Å². The van der Waals surface area contributed by atoms with Gasteiger partial charge in [-0.3, -0.25) is 4.79 Å². The molecule has 7 heteroatoms. The van der Waals surface area contributed by atoms with Gasteiger partial charge in [0.25, 0.3) is 0 Å². The molecule has 1 aliphatic carbocycles. The number of aromatic nitrogens is 1. The number of thiophene rings is 2. The van der Waals surface area contributed by atoms with Gasteiger partial charge in [0.1, 0.15) is 11.1 Å². The van der Waals surface area contributed by atoms with Gasteiger partial charge in [-0.1, -0.05) is 6.07 Å². The molecule has 5 nitrogen and oxygen atoms in total. The first kappa shape index (κ1) is 19.6. The maximum atomic E-state index is 12.0. The van der Waals surface area contributed by atoms with E-state index in [1.807, 2.05) is 37.4 Å². The summed E-state index contributed by atoms with van der Waals surface area (Å²) < 4.78 is 2.15. The molecule has 0 saturated heterocycles. The van der Waals surface area contributed by atoms with Crippen LogP contribution in [0.3, 0.4) is 0 Å². The van der Waals surface area contributed by atoms with Crippen molar-refractivity contribution in [1.82, 2.24) is 9.99 Å². The van der Waals surface area contributed by atoms with Gasteiger partial charge in [-0.15, -0.1) is 22.7 Å². The van der Waals surface area contributed by atoms with Crippen LogP contribution in [-0.2, 0) is 24.1 Å². The molecular weight excluding hydrogens is 400 g/mol. The summed E-state index contributed by atoms with van der Waals surface area (Å²) in [7, 11) is 0. The Labute approximate surface area is 178 Å². The van der Waals surface area contributed by atoms with Crippen LogP contribution in [0, 0.1) is 25.2 Å². The molecule has 148 valence electrons. The minimum absolute atomic E-state index is 0.129.